The molecule has 0 radical (unpaired) electrons. The van der Waals surface area contributed by atoms with Crippen molar-refractivity contribution in [1.82, 2.24) is 24.6 Å². The molecule has 0 unspecified atom stereocenters. The van der Waals surface area contributed by atoms with Crippen molar-refractivity contribution in [2.75, 3.05) is 18.0 Å². The third-order valence-corrected chi connectivity index (χ3v) is 7.18. The highest BCUT2D eigenvalue weighted by Crippen LogP contribution is 2.44. The topological polar surface area (TPSA) is 87.4 Å². The van der Waals surface area contributed by atoms with Gasteiger partial charge in [-0.2, -0.15) is 5.10 Å². The van der Waals surface area contributed by atoms with Crippen LogP contribution in [0.3, 0.4) is 0 Å². The first-order valence-corrected chi connectivity index (χ1v) is 12.0. The molecular weight excluding hydrogens is 447 g/mol. The van der Waals surface area contributed by atoms with Gasteiger partial charge in [-0.3, -0.25) is 9.58 Å². The van der Waals surface area contributed by atoms with E-state index in [0.717, 1.165) is 29.3 Å². The molecule has 180 valence electrons. The van der Waals surface area contributed by atoms with E-state index in [2.05, 4.69) is 22.1 Å². The Morgan fingerprint density at radius 1 is 1.11 bits per heavy atom. The lowest BCUT2D eigenvalue weighted by atomic mass is 10.0. The highest BCUT2D eigenvalue weighted by atomic mass is 19.1. The van der Waals surface area contributed by atoms with Gasteiger partial charge in [0.1, 0.15) is 5.52 Å². The van der Waals surface area contributed by atoms with E-state index in [9.17, 15) is 14.3 Å². The van der Waals surface area contributed by atoms with Crippen LogP contribution in [0.5, 0.6) is 0 Å². The Morgan fingerprint density at radius 2 is 1.86 bits per heavy atom. The second-order valence-electron chi connectivity index (χ2n) is 9.93. The number of piperazine rings is 1. The summed E-state index contributed by atoms with van der Waals surface area (Å²) in [6.07, 6.45) is 4.97. The minimum Gasteiger partial charge on any atom is -0.465 e. The Hall–Kier alpha value is -3.75. The first-order valence-electron chi connectivity index (χ1n) is 12.0. The van der Waals surface area contributed by atoms with Gasteiger partial charge in [0.15, 0.2) is 11.5 Å². The van der Waals surface area contributed by atoms with Crippen LogP contribution in [0.25, 0.3) is 33.2 Å². The SMILES string of the molecule is C[C@H]1CN(c2cnc3nc(-c4cc(F)c5nn(C)cc5c4)cc(C4CC4)c3c2)C[C@H](C)N1C(=O)O. The molecule has 2 atom stereocenters. The van der Waals surface area contributed by atoms with Crippen LogP contribution in [0.15, 0.2) is 36.7 Å². The summed E-state index contributed by atoms with van der Waals surface area (Å²) in [5, 5.41) is 15.5. The zero-order chi connectivity index (χ0) is 24.4. The number of aryl methyl sites for hydroxylation is 1. The molecule has 4 heterocycles. The van der Waals surface area contributed by atoms with E-state index >= 15 is 0 Å². The van der Waals surface area contributed by atoms with Gasteiger partial charge < -0.3 is 10.0 Å². The molecule has 2 aliphatic rings. The molecule has 1 N–H and O–H groups in total. The van der Waals surface area contributed by atoms with E-state index in [-0.39, 0.29) is 17.9 Å². The van der Waals surface area contributed by atoms with Crippen molar-refractivity contribution < 1.29 is 14.3 Å². The smallest absolute Gasteiger partial charge is 0.407 e. The maximum atomic E-state index is 14.8. The molecule has 1 saturated heterocycles. The Morgan fingerprint density at radius 3 is 2.54 bits per heavy atom. The summed E-state index contributed by atoms with van der Waals surface area (Å²) in [7, 11) is 1.78. The predicted octanol–water partition coefficient (Wildman–Crippen LogP) is 4.78. The molecule has 0 spiro atoms. The summed E-state index contributed by atoms with van der Waals surface area (Å²) in [5.41, 5.74) is 4.59. The van der Waals surface area contributed by atoms with Gasteiger partial charge in [-0.05, 0) is 62.4 Å². The average molecular weight is 475 g/mol. The van der Waals surface area contributed by atoms with E-state index in [1.165, 1.54) is 16.5 Å². The van der Waals surface area contributed by atoms with Crippen molar-refractivity contribution >= 4 is 33.7 Å². The van der Waals surface area contributed by atoms with Crippen LogP contribution in [-0.2, 0) is 7.05 Å². The molecule has 1 aliphatic heterocycles. The van der Waals surface area contributed by atoms with Gasteiger partial charge in [-0.25, -0.2) is 19.2 Å². The molecule has 6 rings (SSSR count). The minimum atomic E-state index is -0.880. The van der Waals surface area contributed by atoms with Crippen LogP contribution in [-0.4, -0.2) is 61.0 Å². The molecule has 1 amide bonds. The molecule has 4 aromatic rings. The summed E-state index contributed by atoms with van der Waals surface area (Å²) in [6.45, 7) is 5.09. The van der Waals surface area contributed by atoms with E-state index in [1.807, 2.05) is 26.1 Å². The van der Waals surface area contributed by atoms with E-state index < -0.39 is 6.09 Å². The summed E-state index contributed by atoms with van der Waals surface area (Å²) in [5.74, 6) is 0.0880. The third-order valence-electron chi connectivity index (χ3n) is 7.18. The van der Waals surface area contributed by atoms with E-state index in [1.54, 1.807) is 17.9 Å². The van der Waals surface area contributed by atoms with Gasteiger partial charge in [0.05, 0.1) is 29.7 Å². The standard InChI is InChI=1S/C26H27FN6O2/c1-14-11-32(12-15(2)33(14)26(34)35)19-8-21-20(16-4-5-16)9-23(29-25(21)28-10-19)17-6-18-13-31(3)30-24(18)22(27)7-17/h6-10,13-16H,4-5,11-12H2,1-3H3,(H,34,35)/t14-,15-/m0/s1. The number of nitrogens with zero attached hydrogens (tertiary/aromatic N) is 6. The lowest BCUT2D eigenvalue weighted by molar-refractivity contribution is 0.0982. The number of halogens is 1. The molecule has 35 heavy (non-hydrogen) atoms. The van der Waals surface area contributed by atoms with Gasteiger partial charge in [0.25, 0.3) is 0 Å². The van der Waals surface area contributed by atoms with Crippen LogP contribution in [0.4, 0.5) is 14.9 Å². The first kappa shape index (κ1) is 21.8. The molecule has 3 aromatic heterocycles. The van der Waals surface area contributed by atoms with Crippen molar-refractivity contribution in [3.8, 4) is 11.3 Å². The fourth-order valence-corrected chi connectivity index (χ4v) is 5.44. The number of carboxylic acid groups (broad SMARTS) is 1. The zero-order valence-electron chi connectivity index (χ0n) is 19.9. The number of fused-ring (bicyclic) bond motifs is 2. The second-order valence-corrected chi connectivity index (χ2v) is 9.93. The third kappa shape index (κ3) is 3.75. The van der Waals surface area contributed by atoms with Gasteiger partial charge in [0.2, 0.25) is 0 Å². The van der Waals surface area contributed by atoms with Gasteiger partial charge >= 0.3 is 6.09 Å². The highest BCUT2D eigenvalue weighted by molar-refractivity contribution is 5.88. The highest BCUT2D eigenvalue weighted by Gasteiger charge is 2.33. The van der Waals surface area contributed by atoms with Crippen LogP contribution < -0.4 is 4.90 Å². The van der Waals surface area contributed by atoms with Crippen LogP contribution in [0.2, 0.25) is 0 Å². The van der Waals surface area contributed by atoms with Crippen molar-refractivity contribution in [3.05, 3.63) is 48.0 Å². The summed E-state index contributed by atoms with van der Waals surface area (Å²) in [6, 6.07) is 7.40. The second kappa shape index (κ2) is 7.90. The largest absolute Gasteiger partial charge is 0.465 e. The van der Waals surface area contributed by atoms with Gasteiger partial charge in [0, 0.05) is 42.7 Å². The van der Waals surface area contributed by atoms with Crippen molar-refractivity contribution in [1.29, 1.82) is 0 Å². The number of hydrogen-bond donors (Lipinski definition) is 1. The average Bonchev–Trinajstić information content (AvgIpc) is 3.58. The number of hydrogen-bond acceptors (Lipinski definition) is 5. The minimum absolute atomic E-state index is 0.118. The number of carbonyl (C=O) groups is 1. The molecule has 0 bridgehead atoms. The summed E-state index contributed by atoms with van der Waals surface area (Å²) >= 11 is 0. The van der Waals surface area contributed by atoms with Crippen molar-refractivity contribution in [2.45, 2.75) is 44.7 Å². The van der Waals surface area contributed by atoms with Crippen LogP contribution in [0, 0.1) is 5.82 Å². The number of anilines is 1. The quantitative estimate of drug-likeness (QED) is 0.460. The first-order chi connectivity index (χ1) is 16.8. The number of pyridine rings is 2. The molecule has 1 aromatic carbocycles. The van der Waals surface area contributed by atoms with Crippen molar-refractivity contribution in [2.24, 2.45) is 7.05 Å². The number of amides is 1. The van der Waals surface area contributed by atoms with Crippen molar-refractivity contribution in [3.63, 3.8) is 0 Å². The Balaban J connectivity index is 1.41. The number of rotatable bonds is 3. The Kier molecular flexibility index (Phi) is 4.91. The fraction of sp³-hybridized carbons (Fsp3) is 0.385. The maximum Gasteiger partial charge on any atom is 0.407 e. The molecule has 8 nitrogen and oxygen atoms in total. The molecule has 2 fully saturated rings. The molecule has 9 heteroatoms. The van der Waals surface area contributed by atoms with Crippen LogP contribution in [0.1, 0.15) is 38.2 Å². The lowest BCUT2D eigenvalue weighted by Crippen LogP contribution is -2.58. The van der Waals surface area contributed by atoms with E-state index in [4.69, 9.17) is 9.97 Å². The van der Waals surface area contributed by atoms with Crippen LogP contribution >= 0.6 is 0 Å². The Bertz CT molecular complexity index is 1470. The summed E-state index contributed by atoms with van der Waals surface area (Å²) in [4.78, 5) is 24.9. The fourth-order valence-electron chi connectivity index (χ4n) is 5.44. The Labute approximate surface area is 202 Å². The lowest BCUT2D eigenvalue weighted by Gasteiger charge is -2.43. The summed E-state index contributed by atoms with van der Waals surface area (Å²) < 4.78 is 16.4. The van der Waals surface area contributed by atoms with Gasteiger partial charge in [-0.1, -0.05) is 0 Å². The molecular formula is C26H27FN6O2. The maximum absolute atomic E-state index is 14.8. The predicted molar refractivity (Wildman–Crippen MR) is 132 cm³/mol. The molecule has 1 saturated carbocycles. The molecule has 1 aliphatic carbocycles. The normalized spacial score (nSPS) is 20.7. The monoisotopic (exact) mass is 474 g/mol. The zero-order valence-corrected chi connectivity index (χ0v) is 19.9. The van der Waals surface area contributed by atoms with E-state index in [0.29, 0.717) is 41.4 Å². The van der Waals surface area contributed by atoms with Gasteiger partial charge in [-0.15, -0.1) is 0 Å². The number of benzene rings is 1. The number of aromatic nitrogens is 4.